The minimum absolute atomic E-state index is 0.148. The molecule has 0 aliphatic rings. The van der Waals surface area contributed by atoms with Gasteiger partial charge in [0.25, 0.3) is 5.56 Å². The second-order valence-electron chi connectivity index (χ2n) is 7.39. The largest absolute Gasteiger partial charge is 0.492 e. The van der Waals surface area contributed by atoms with E-state index in [-0.39, 0.29) is 18.1 Å². The third-order valence-corrected chi connectivity index (χ3v) is 5.07. The van der Waals surface area contributed by atoms with Crippen LogP contribution in [-0.2, 0) is 13.1 Å². The Hall–Kier alpha value is -3.99. The molecule has 0 fully saturated rings. The summed E-state index contributed by atoms with van der Waals surface area (Å²) in [5.41, 5.74) is 7.04. The van der Waals surface area contributed by atoms with Crippen molar-refractivity contribution in [3.63, 3.8) is 0 Å². The van der Waals surface area contributed by atoms with E-state index >= 15 is 0 Å². The fraction of sp³-hybridized carbons (Fsp3) is 0.292. The van der Waals surface area contributed by atoms with Crippen LogP contribution >= 0.6 is 0 Å². The van der Waals surface area contributed by atoms with Crippen molar-refractivity contribution in [3.8, 4) is 11.8 Å². The normalized spacial score (nSPS) is 10.5. The molecule has 3 rings (SSSR count). The monoisotopic (exact) mass is 433 g/mol. The second kappa shape index (κ2) is 10.9. The van der Waals surface area contributed by atoms with Crippen LogP contribution < -0.4 is 26.6 Å². The van der Waals surface area contributed by atoms with Crippen LogP contribution in [0.3, 0.4) is 0 Å². The van der Waals surface area contributed by atoms with Crippen LogP contribution in [0, 0.1) is 11.3 Å². The molecule has 0 radical (unpaired) electrons. The molecular formula is C24H27N5O3. The minimum Gasteiger partial charge on any atom is -0.492 e. The van der Waals surface area contributed by atoms with Crippen molar-refractivity contribution in [1.82, 2.24) is 9.55 Å². The van der Waals surface area contributed by atoms with Crippen molar-refractivity contribution in [2.24, 2.45) is 0 Å². The van der Waals surface area contributed by atoms with Crippen molar-refractivity contribution in [3.05, 3.63) is 86.6 Å². The molecule has 8 nitrogen and oxygen atoms in total. The Morgan fingerprint density at radius 1 is 1.16 bits per heavy atom. The fourth-order valence-electron chi connectivity index (χ4n) is 3.42. The number of H-pyrrole nitrogens is 1. The fourth-order valence-corrected chi connectivity index (χ4v) is 3.42. The first-order valence-electron chi connectivity index (χ1n) is 10.6. The quantitative estimate of drug-likeness (QED) is 0.508. The van der Waals surface area contributed by atoms with E-state index in [1.54, 1.807) is 24.3 Å². The highest BCUT2D eigenvalue weighted by Gasteiger charge is 2.19. The van der Waals surface area contributed by atoms with E-state index in [0.717, 1.165) is 18.4 Å². The van der Waals surface area contributed by atoms with E-state index in [1.807, 2.05) is 42.2 Å². The van der Waals surface area contributed by atoms with Crippen LogP contribution in [0.2, 0.25) is 0 Å². The molecule has 0 saturated heterocycles. The third kappa shape index (κ3) is 5.58. The molecule has 3 N–H and O–H groups in total. The van der Waals surface area contributed by atoms with Gasteiger partial charge in [-0.25, -0.2) is 4.79 Å². The number of ether oxygens (including phenoxy) is 1. The number of unbranched alkanes of at least 4 members (excludes halogenated alkanes) is 1. The lowest BCUT2D eigenvalue weighted by Crippen LogP contribution is -2.39. The lowest BCUT2D eigenvalue weighted by molar-refractivity contribution is 0.323. The van der Waals surface area contributed by atoms with E-state index in [9.17, 15) is 9.59 Å². The maximum atomic E-state index is 12.8. The van der Waals surface area contributed by atoms with Gasteiger partial charge in [-0.15, -0.1) is 0 Å². The van der Waals surface area contributed by atoms with Crippen LogP contribution in [0.25, 0.3) is 0 Å². The second-order valence-corrected chi connectivity index (χ2v) is 7.39. The van der Waals surface area contributed by atoms with Gasteiger partial charge >= 0.3 is 5.69 Å². The van der Waals surface area contributed by atoms with Gasteiger partial charge in [-0.05, 0) is 30.2 Å². The molecule has 0 aliphatic carbocycles. The van der Waals surface area contributed by atoms with Crippen molar-refractivity contribution in [1.29, 1.82) is 5.26 Å². The Labute approximate surface area is 186 Å². The summed E-state index contributed by atoms with van der Waals surface area (Å²) in [6.45, 7) is 3.48. The molecule has 0 bridgehead atoms. The predicted molar refractivity (Wildman–Crippen MR) is 125 cm³/mol. The smallest absolute Gasteiger partial charge is 0.330 e. The highest BCUT2D eigenvalue weighted by Crippen LogP contribution is 2.20. The van der Waals surface area contributed by atoms with Gasteiger partial charge in [-0.3, -0.25) is 14.3 Å². The number of anilines is 2. The summed E-state index contributed by atoms with van der Waals surface area (Å²) in [5, 5.41) is 9.07. The molecule has 8 heteroatoms. The number of rotatable bonds is 10. The number of nitriles is 1. The summed E-state index contributed by atoms with van der Waals surface area (Å²) in [6, 6.07) is 18.7. The summed E-state index contributed by atoms with van der Waals surface area (Å²) in [7, 11) is 0. The van der Waals surface area contributed by atoms with E-state index in [0.29, 0.717) is 30.9 Å². The molecule has 2 aromatic carbocycles. The molecular weight excluding hydrogens is 406 g/mol. The predicted octanol–water partition coefficient (Wildman–Crippen LogP) is 2.88. The molecule has 0 amide bonds. The van der Waals surface area contributed by atoms with Crippen LogP contribution in [0.1, 0.15) is 30.9 Å². The first kappa shape index (κ1) is 22.7. The van der Waals surface area contributed by atoms with E-state index < -0.39 is 11.2 Å². The third-order valence-electron chi connectivity index (χ3n) is 5.07. The van der Waals surface area contributed by atoms with Gasteiger partial charge in [0.2, 0.25) is 0 Å². The van der Waals surface area contributed by atoms with Crippen molar-refractivity contribution in [2.45, 2.75) is 32.9 Å². The number of aromatic nitrogens is 2. The SMILES string of the molecule is CCCCn1c(N)c(N(CCOc2cccc(C#N)c2)Cc2ccccc2)c(=O)[nH]c1=O. The Bertz CT molecular complexity index is 1190. The van der Waals surface area contributed by atoms with Crippen LogP contribution in [0.4, 0.5) is 11.5 Å². The molecule has 3 aromatic rings. The summed E-state index contributed by atoms with van der Waals surface area (Å²) in [6.07, 6.45) is 1.66. The Kier molecular flexibility index (Phi) is 7.70. The number of hydrogen-bond donors (Lipinski definition) is 2. The molecule has 32 heavy (non-hydrogen) atoms. The first-order chi connectivity index (χ1) is 15.5. The highest BCUT2D eigenvalue weighted by atomic mass is 16.5. The summed E-state index contributed by atoms with van der Waals surface area (Å²) in [5.74, 6) is 0.716. The van der Waals surface area contributed by atoms with Crippen LogP contribution in [0.5, 0.6) is 5.75 Å². The van der Waals surface area contributed by atoms with E-state index in [1.165, 1.54) is 4.57 Å². The summed E-state index contributed by atoms with van der Waals surface area (Å²) >= 11 is 0. The maximum Gasteiger partial charge on any atom is 0.330 e. The van der Waals surface area contributed by atoms with E-state index in [2.05, 4.69) is 11.1 Å². The summed E-state index contributed by atoms with van der Waals surface area (Å²) in [4.78, 5) is 29.3. The van der Waals surface area contributed by atoms with Gasteiger partial charge in [0.15, 0.2) is 0 Å². The summed E-state index contributed by atoms with van der Waals surface area (Å²) < 4.78 is 7.23. The Balaban J connectivity index is 1.90. The lowest BCUT2D eigenvalue weighted by atomic mass is 10.2. The van der Waals surface area contributed by atoms with E-state index in [4.69, 9.17) is 15.7 Å². The number of aromatic amines is 1. The van der Waals surface area contributed by atoms with Gasteiger partial charge in [0, 0.05) is 13.1 Å². The number of nitrogens with one attached hydrogen (secondary N) is 1. The molecule has 0 spiro atoms. The average Bonchev–Trinajstić information content (AvgIpc) is 2.79. The van der Waals surface area contributed by atoms with Crippen LogP contribution in [0.15, 0.2) is 64.2 Å². The van der Waals surface area contributed by atoms with Crippen LogP contribution in [-0.4, -0.2) is 22.7 Å². The number of nitrogen functional groups attached to an aromatic ring is 1. The molecule has 0 unspecified atom stereocenters. The number of nitrogens with two attached hydrogens (primary N) is 1. The molecule has 0 aliphatic heterocycles. The maximum absolute atomic E-state index is 12.8. The zero-order chi connectivity index (χ0) is 22.9. The number of hydrogen-bond acceptors (Lipinski definition) is 6. The van der Waals surface area contributed by atoms with Gasteiger partial charge in [0.05, 0.1) is 18.2 Å². The minimum atomic E-state index is -0.525. The standard InChI is InChI=1S/C24H27N5O3/c1-2-3-12-29-22(26)21(23(30)27-24(29)31)28(17-18-8-5-4-6-9-18)13-14-32-20-11-7-10-19(15-20)16-25/h4-11,15H,2-3,12-14,17,26H2,1H3,(H,27,30,31). The molecule has 1 aromatic heterocycles. The Morgan fingerprint density at radius 3 is 2.66 bits per heavy atom. The van der Waals surface area contributed by atoms with Gasteiger partial charge in [-0.1, -0.05) is 49.7 Å². The number of benzene rings is 2. The highest BCUT2D eigenvalue weighted by molar-refractivity contribution is 5.62. The Morgan fingerprint density at radius 2 is 1.94 bits per heavy atom. The lowest BCUT2D eigenvalue weighted by Gasteiger charge is -2.26. The molecule has 1 heterocycles. The zero-order valence-electron chi connectivity index (χ0n) is 18.1. The molecule has 0 atom stereocenters. The van der Waals surface area contributed by atoms with Gasteiger partial charge < -0.3 is 15.4 Å². The molecule has 166 valence electrons. The average molecular weight is 434 g/mol. The van der Waals surface area contributed by atoms with Gasteiger partial charge in [-0.2, -0.15) is 5.26 Å². The number of nitrogens with zero attached hydrogens (tertiary/aromatic N) is 3. The first-order valence-corrected chi connectivity index (χ1v) is 10.6. The van der Waals surface area contributed by atoms with Crippen molar-refractivity contribution in [2.75, 3.05) is 23.8 Å². The van der Waals surface area contributed by atoms with Crippen molar-refractivity contribution >= 4 is 11.5 Å². The molecule has 0 saturated carbocycles. The van der Waals surface area contributed by atoms with Gasteiger partial charge in [0.1, 0.15) is 23.9 Å². The topological polar surface area (TPSA) is 117 Å². The van der Waals surface area contributed by atoms with Crippen molar-refractivity contribution < 1.29 is 4.74 Å². The zero-order valence-corrected chi connectivity index (χ0v) is 18.1.